The highest BCUT2D eigenvalue weighted by atomic mass is 16.1. The van der Waals surface area contributed by atoms with Crippen LogP contribution in [0.15, 0.2) is 42.5 Å². The average molecular weight is 336 g/mol. The number of hydrogen-bond donors (Lipinski definition) is 2. The zero-order valence-electron chi connectivity index (χ0n) is 15.3. The van der Waals surface area contributed by atoms with Gasteiger partial charge in [-0.15, -0.1) is 0 Å². The Morgan fingerprint density at radius 1 is 1.00 bits per heavy atom. The van der Waals surface area contributed by atoms with Gasteiger partial charge in [0.05, 0.1) is 18.7 Å². The van der Waals surface area contributed by atoms with E-state index in [1.54, 1.807) is 9.80 Å². The highest BCUT2D eigenvalue weighted by Crippen LogP contribution is 2.40. The molecule has 0 amide bonds. The topological polar surface area (TPSA) is 26.0 Å². The third kappa shape index (κ3) is 2.03. The number of rotatable bonds is 3. The first-order valence-electron chi connectivity index (χ1n) is 9.78. The Hall–Kier alpha value is -1.71. The van der Waals surface area contributed by atoms with Crippen LogP contribution >= 0.6 is 0 Å². The van der Waals surface area contributed by atoms with Crippen molar-refractivity contribution in [2.24, 2.45) is 10.8 Å². The van der Waals surface area contributed by atoms with Crippen LogP contribution in [-0.4, -0.2) is 32.0 Å². The van der Waals surface area contributed by atoms with Crippen LogP contribution in [0.5, 0.6) is 0 Å². The first kappa shape index (κ1) is 15.5. The van der Waals surface area contributed by atoms with Crippen LogP contribution < -0.4 is 9.80 Å². The molecule has 130 valence electrons. The van der Waals surface area contributed by atoms with E-state index in [1.165, 1.54) is 16.3 Å². The minimum atomic E-state index is -0.114. The van der Waals surface area contributed by atoms with E-state index in [-0.39, 0.29) is 10.8 Å². The third-order valence-corrected chi connectivity index (χ3v) is 7.07. The summed E-state index contributed by atoms with van der Waals surface area (Å²) in [6.45, 7) is 8.55. The maximum absolute atomic E-state index is 13.2. The third-order valence-electron chi connectivity index (χ3n) is 7.07. The molecule has 4 fully saturated rings. The maximum atomic E-state index is 13.2. The molecule has 2 unspecified atom stereocenters. The van der Waals surface area contributed by atoms with Crippen LogP contribution in [0.2, 0.25) is 0 Å². The largest absolute Gasteiger partial charge is 0.297 e. The molecule has 4 saturated heterocycles. The minimum Gasteiger partial charge on any atom is -0.297 e. The van der Waals surface area contributed by atoms with Crippen LogP contribution in [0, 0.1) is 10.8 Å². The van der Waals surface area contributed by atoms with Gasteiger partial charge in [-0.25, -0.2) is 0 Å². The van der Waals surface area contributed by atoms with Gasteiger partial charge in [0.25, 0.3) is 0 Å². The smallest absolute Gasteiger partial charge is 0.240 e. The van der Waals surface area contributed by atoms with Gasteiger partial charge in [-0.1, -0.05) is 49.7 Å². The Labute approximate surface area is 149 Å². The second kappa shape index (κ2) is 5.15. The van der Waals surface area contributed by atoms with Gasteiger partial charge in [0.15, 0.2) is 5.78 Å². The summed E-state index contributed by atoms with van der Waals surface area (Å²) in [6.07, 6.45) is 2.66. The molecule has 0 aromatic heterocycles. The van der Waals surface area contributed by atoms with E-state index >= 15 is 0 Å². The molecule has 4 aliphatic heterocycles. The van der Waals surface area contributed by atoms with Gasteiger partial charge in [-0.05, 0) is 30.2 Å². The van der Waals surface area contributed by atoms with Crippen LogP contribution in [0.3, 0.4) is 0 Å². The summed E-state index contributed by atoms with van der Waals surface area (Å²) in [7, 11) is 0. The predicted molar refractivity (Wildman–Crippen MR) is 98.5 cm³/mol. The van der Waals surface area contributed by atoms with Crippen molar-refractivity contribution in [2.45, 2.75) is 32.9 Å². The fraction of sp³-hybridized carbons (Fsp3) is 0.500. The van der Waals surface area contributed by atoms with Crippen molar-refractivity contribution in [3.63, 3.8) is 0 Å². The van der Waals surface area contributed by atoms with Gasteiger partial charge in [0, 0.05) is 0 Å². The van der Waals surface area contributed by atoms with E-state index in [2.05, 4.69) is 56.3 Å². The van der Waals surface area contributed by atoms with Crippen LogP contribution in [0.25, 0.3) is 10.8 Å². The Morgan fingerprint density at radius 3 is 2.40 bits per heavy atom. The number of carbonyl (C=O) groups is 1. The van der Waals surface area contributed by atoms with E-state index in [1.807, 2.05) is 0 Å². The van der Waals surface area contributed by atoms with Gasteiger partial charge in [-0.3, -0.25) is 14.6 Å². The average Bonchev–Trinajstić information content (AvgIpc) is 2.59. The van der Waals surface area contributed by atoms with Crippen molar-refractivity contribution in [1.82, 2.24) is 0 Å². The van der Waals surface area contributed by atoms with Crippen LogP contribution in [0.1, 0.15) is 38.4 Å². The summed E-state index contributed by atoms with van der Waals surface area (Å²) >= 11 is 0. The number of carbonyl (C=O) groups excluding carboxylic acids is 1. The SMILES string of the molecule is CCCC12C[NH+]3CC(C)(C[NH+](C1)C3c1cccc3ccccc13)C2=O. The molecule has 4 heterocycles. The molecule has 4 aliphatic rings. The fourth-order valence-corrected chi connectivity index (χ4v) is 6.49. The highest BCUT2D eigenvalue weighted by molar-refractivity contribution is 5.92. The summed E-state index contributed by atoms with van der Waals surface area (Å²) in [6, 6.07) is 15.5. The number of fused-ring (bicyclic) bond motifs is 1. The molecule has 3 nitrogen and oxygen atoms in total. The van der Waals surface area contributed by atoms with Crippen LogP contribution in [0.4, 0.5) is 0 Å². The van der Waals surface area contributed by atoms with E-state index in [9.17, 15) is 4.79 Å². The number of nitrogens with one attached hydrogen (secondary N) is 2. The first-order valence-corrected chi connectivity index (χ1v) is 9.78. The van der Waals surface area contributed by atoms with Crippen molar-refractivity contribution in [1.29, 1.82) is 0 Å². The van der Waals surface area contributed by atoms with Gasteiger partial charge < -0.3 is 0 Å². The first-order chi connectivity index (χ1) is 12.1. The van der Waals surface area contributed by atoms with E-state index < -0.39 is 0 Å². The molecular weight excluding hydrogens is 308 g/mol. The van der Waals surface area contributed by atoms with Gasteiger partial charge >= 0.3 is 0 Å². The molecular formula is C22H28N2O+2. The molecule has 0 spiro atoms. The molecule has 3 heteroatoms. The lowest BCUT2D eigenvalue weighted by molar-refractivity contribution is -1.18. The van der Waals surface area contributed by atoms with E-state index in [4.69, 9.17) is 0 Å². The molecule has 0 saturated carbocycles. The standard InChI is InChI=1S/C22H26N2O/c1-3-11-22-14-23-12-21(2,20(22)25)13-24(15-22)19(23)18-10-6-8-16-7-4-5-9-17(16)18/h4-10,19H,3,11-15H2,1-2H3/p+2. The van der Waals surface area contributed by atoms with Gasteiger partial charge in [0.2, 0.25) is 6.17 Å². The van der Waals surface area contributed by atoms with Crippen molar-refractivity contribution in [2.75, 3.05) is 26.2 Å². The Morgan fingerprint density at radius 2 is 1.68 bits per heavy atom. The minimum absolute atomic E-state index is 0.0637. The molecule has 2 aromatic rings. The van der Waals surface area contributed by atoms with Crippen molar-refractivity contribution in [3.05, 3.63) is 48.0 Å². The summed E-state index contributed by atoms with van der Waals surface area (Å²) in [5, 5.41) is 2.73. The Bertz CT molecular complexity index is 837. The Kier molecular flexibility index (Phi) is 3.20. The molecule has 25 heavy (non-hydrogen) atoms. The number of quaternary nitrogens is 2. The number of Topliss-reactive ketones (excluding diaryl/α,β-unsaturated/α-hetero) is 1. The lowest BCUT2D eigenvalue weighted by Gasteiger charge is -2.60. The molecule has 6 rings (SSSR count). The summed E-state index contributed by atoms with van der Waals surface area (Å²) in [5.41, 5.74) is 1.30. The summed E-state index contributed by atoms with van der Waals surface area (Å²) < 4.78 is 0. The zero-order chi connectivity index (χ0) is 17.2. The fourth-order valence-electron chi connectivity index (χ4n) is 6.49. The summed E-state index contributed by atoms with van der Waals surface area (Å²) in [4.78, 5) is 16.5. The molecule has 4 bridgehead atoms. The van der Waals surface area contributed by atoms with E-state index in [0.29, 0.717) is 11.9 Å². The lowest BCUT2D eigenvalue weighted by Crippen LogP contribution is -3.41. The molecule has 0 radical (unpaired) electrons. The van der Waals surface area contributed by atoms with Gasteiger partial charge in [0.1, 0.15) is 23.9 Å². The van der Waals surface area contributed by atoms with Gasteiger partial charge in [-0.2, -0.15) is 0 Å². The molecule has 2 atom stereocenters. The van der Waals surface area contributed by atoms with Crippen molar-refractivity contribution >= 4 is 16.6 Å². The monoisotopic (exact) mass is 336 g/mol. The van der Waals surface area contributed by atoms with Crippen molar-refractivity contribution < 1.29 is 14.6 Å². The number of ketones is 1. The number of piperidine rings is 2. The van der Waals surface area contributed by atoms with Crippen LogP contribution in [-0.2, 0) is 4.79 Å². The number of hydrogen-bond acceptors (Lipinski definition) is 1. The highest BCUT2D eigenvalue weighted by Gasteiger charge is 2.69. The lowest BCUT2D eigenvalue weighted by atomic mass is 9.59. The molecule has 2 aromatic carbocycles. The maximum Gasteiger partial charge on any atom is 0.240 e. The second-order valence-corrected chi connectivity index (χ2v) is 8.95. The zero-order valence-corrected chi connectivity index (χ0v) is 15.3. The Balaban J connectivity index is 1.61. The normalized spacial score (nSPS) is 39.3. The quantitative estimate of drug-likeness (QED) is 0.860. The number of benzene rings is 2. The second-order valence-electron chi connectivity index (χ2n) is 8.95. The molecule has 0 aliphatic carbocycles. The summed E-state index contributed by atoms with van der Waals surface area (Å²) in [5.74, 6) is 0.575. The van der Waals surface area contributed by atoms with Crippen molar-refractivity contribution in [3.8, 4) is 0 Å². The van der Waals surface area contributed by atoms with E-state index in [0.717, 1.165) is 39.0 Å². The predicted octanol–water partition coefficient (Wildman–Crippen LogP) is 1.01. The molecule has 2 N–H and O–H groups in total.